The number of carbonyl (C=O) groups is 1. The maximum atomic E-state index is 11.0. The molecule has 2 aromatic heterocycles. The number of nitrogens with one attached hydrogen (secondary N) is 1. The zero-order valence-electron chi connectivity index (χ0n) is 13.7. The molecular formula is C17H14N6O3. The second-order valence-electron chi connectivity index (χ2n) is 5.23. The van der Waals surface area contributed by atoms with Crippen LogP contribution in [0.5, 0.6) is 5.75 Å². The Morgan fingerprint density at radius 1 is 1.35 bits per heavy atom. The van der Waals surface area contributed by atoms with E-state index in [4.69, 9.17) is 15.1 Å². The lowest BCUT2D eigenvalue weighted by atomic mass is 10.2. The highest BCUT2D eigenvalue weighted by Gasteiger charge is 2.11. The van der Waals surface area contributed by atoms with Gasteiger partial charge in [0.15, 0.2) is 0 Å². The van der Waals surface area contributed by atoms with Gasteiger partial charge in [0.1, 0.15) is 23.3 Å². The van der Waals surface area contributed by atoms with Gasteiger partial charge in [-0.2, -0.15) is 15.3 Å². The number of nitriles is 1. The number of benzene rings is 1. The van der Waals surface area contributed by atoms with Crippen LogP contribution in [0, 0.1) is 11.3 Å². The highest BCUT2D eigenvalue weighted by Crippen LogP contribution is 2.14. The van der Waals surface area contributed by atoms with E-state index < -0.39 is 5.97 Å². The van der Waals surface area contributed by atoms with Gasteiger partial charge in [-0.15, -0.1) is 0 Å². The van der Waals surface area contributed by atoms with Gasteiger partial charge in [0.2, 0.25) is 0 Å². The molecule has 130 valence electrons. The molecule has 0 aliphatic rings. The monoisotopic (exact) mass is 350 g/mol. The average Bonchev–Trinajstić information content (AvgIpc) is 3.17. The lowest BCUT2D eigenvalue weighted by molar-refractivity contribution is 0.0697. The number of anilines is 1. The number of rotatable bonds is 6. The number of hydrogen-bond acceptors (Lipinski definition) is 7. The number of ether oxygens (including phenoxy) is 1. The molecule has 9 heteroatoms. The smallest absolute Gasteiger partial charge is 0.338 e. The van der Waals surface area contributed by atoms with Crippen LogP contribution in [0.1, 0.15) is 21.6 Å². The summed E-state index contributed by atoms with van der Waals surface area (Å²) in [5, 5.41) is 25.2. The summed E-state index contributed by atoms with van der Waals surface area (Å²) in [6.45, 7) is 0.477. The lowest BCUT2D eigenvalue weighted by Gasteiger charge is -2.08. The Kier molecular flexibility index (Phi) is 4.76. The number of carboxylic acids is 1. The molecule has 0 saturated carbocycles. The SMILES string of the molecule is COc1ccc(CNc2cc(C#N)nc(-n3cc(C(=O)O)cn3)n2)cc1. The second kappa shape index (κ2) is 7.31. The largest absolute Gasteiger partial charge is 0.497 e. The average molecular weight is 350 g/mol. The molecule has 2 heterocycles. The first kappa shape index (κ1) is 16.9. The third-order valence-corrected chi connectivity index (χ3v) is 3.50. The maximum Gasteiger partial charge on any atom is 0.338 e. The first-order valence-corrected chi connectivity index (χ1v) is 7.53. The predicted molar refractivity (Wildman–Crippen MR) is 91.1 cm³/mol. The number of methoxy groups -OCH3 is 1. The van der Waals surface area contributed by atoms with Gasteiger partial charge in [-0.25, -0.2) is 14.5 Å². The van der Waals surface area contributed by atoms with Gasteiger partial charge in [0, 0.05) is 18.8 Å². The maximum absolute atomic E-state index is 11.0. The third-order valence-electron chi connectivity index (χ3n) is 3.50. The van der Waals surface area contributed by atoms with Crippen molar-refractivity contribution in [2.45, 2.75) is 6.54 Å². The predicted octanol–water partition coefficient (Wildman–Crippen LogP) is 1.85. The van der Waals surface area contributed by atoms with Crippen LogP contribution in [-0.4, -0.2) is 37.9 Å². The van der Waals surface area contributed by atoms with Crippen molar-refractivity contribution < 1.29 is 14.6 Å². The summed E-state index contributed by atoms with van der Waals surface area (Å²) in [4.78, 5) is 19.3. The topological polar surface area (TPSA) is 126 Å². The number of nitrogens with zero attached hydrogens (tertiary/aromatic N) is 5. The van der Waals surface area contributed by atoms with E-state index >= 15 is 0 Å². The van der Waals surface area contributed by atoms with Crippen molar-refractivity contribution >= 4 is 11.8 Å². The minimum absolute atomic E-state index is 0.00343. The van der Waals surface area contributed by atoms with Crippen LogP contribution in [0.2, 0.25) is 0 Å². The fraction of sp³-hybridized carbons (Fsp3) is 0.118. The molecular weight excluding hydrogens is 336 g/mol. The Morgan fingerprint density at radius 3 is 2.73 bits per heavy atom. The van der Waals surface area contributed by atoms with Crippen molar-refractivity contribution in [1.82, 2.24) is 19.7 Å². The molecule has 0 unspecified atom stereocenters. The fourth-order valence-corrected chi connectivity index (χ4v) is 2.16. The Bertz CT molecular complexity index is 975. The molecule has 3 rings (SSSR count). The number of hydrogen-bond donors (Lipinski definition) is 2. The van der Waals surface area contributed by atoms with Gasteiger partial charge in [0.05, 0.1) is 18.9 Å². The fourth-order valence-electron chi connectivity index (χ4n) is 2.16. The summed E-state index contributed by atoms with van der Waals surface area (Å²) in [7, 11) is 1.60. The van der Waals surface area contributed by atoms with Crippen LogP contribution >= 0.6 is 0 Å². The molecule has 0 bridgehead atoms. The van der Waals surface area contributed by atoms with Gasteiger partial charge in [0.25, 0.3) is 5.95 Å². The normalized spacial score (nSPS) is 10.2. The van der Waals surface area contributed by atoms with Crippen molar-refractivity contribution in [3.05, 3.63) is 59.5 Å². The molecule has 0 saturated heterocycles. The van der Waals surface area contributed by atoms with Crippen LogP contribution in [0.3, 0.4) is 0 Å². The number of carboxylic acid groups (broad SMARTS) is 1. The van der Waals surface area contributed by atoms with Gasteiger partial charge < -0.3 is 15.2 Å². The Hall–Kier alpha value is -3.93. The summed E-state index contributed by atoms with van der Waals surface area (Å²) >= 11 is 0. The number of aromatic nitrogens is 4. The van der Waals surface area contributed by atoms with Crippen LogP contribution in [0.25, 0.3) is 5.95 Å². The molecule has 2 N–H and O–H groups in total. The van der Waals surface area contributed by atoms with E-state index in [0.717, 1.165) is 11.3 Å². The second-order valence-corrected chi connectivity index (χ2v) is 5.23. The highest BCUT2D eigenvalue weighted by atomic mass is 16.5. The van der Waals surface area contributed by atoms with Crippen molar-refractivity contribution in [1.29, 1.82) is 5.26 Å². The van der Waals surface area contributed by atoms with Crippen molar-refractivity contribution in [3.8, 4) is 17.8 Å². The van der Waals surface area contributed by atoms with Crippen LogP contribution < -0.4 is 10.1 Å². The van der Waals surface area contributed by atoms with Gasteiger partial charge in [-0.1, -0.05) is 12.1 Å². The molecule has 0 atom stereocenters. The highest BCUT2D eigenvalue weighted by molar-refractivity contribution is 5.86. The Morgan fingerprint density at radius 2 is 2.12 bits per heavy atom. The molecule has 0 aliphatic heterocycles. The van der Waals surface area contributed by atoms with E-state index in [2.05, 4.69) is 20.4 Å². The summed E-state index contributed by atoms with van der Waals surface area (Å²) in [6.07, 6.45) is 2.47. The van der Waals surface area contributed by atoms with Gasteiger partial charge in [-0.05, 0) is 17.7 Å². The zero-order valence-corrected chi connectivity index (χ0v) is 13.7. The van der Waals surface area contributed by atoms with Crippen LogP contribution in [0.4, 0.5) is 5.82 Å². The van der Waals surface area contributed by atoms with E-state index in [1.165, 1.54) is 23.1 Å². The van der Waals surface area contributed by atoms with E-state index in [9.17, 15) is 4.79 Å². The van der Waals surface area contributed by atoms with E-state index in [1.807, 2.05) is 30.3 Å². The summed E-state index contributed by atoms with van der Waals surface area (Å²) < 4.78 is 6.33. The third kappa shape index (κ3) is 3.76. The van der Waals surface area contributed by atoms with Gasteiger partial charge >= 0.3 is 5.97 Å². The molecule has 0 aliphatic carbocycles. The van der Waals surface area contributed by atoms with E-state index in [-0.39, 0.29) is 17.2 Å². The van der Waals surface area contributed by atoms with Crippen molar-refractivity contribution in [3.63, 3.8) is 0 Å². The Labute approximate surface area is 148 Å². The van der Waals surface area contributed by atoms with Crippen molar-refractivity contribution in [2.75, 3.05) is 12.4 Å². The Balaban J connectivity index is 1.82. The summed E-state index contributed by atoms with van der Waals surface area (Å²) in [5.74, 6) is 0.187. The minimum atomic E-state index is -1.11. The summed E-state index contributed by atoms with van der Waals surface area (Å²) in [6, 6.07) is 11.0. The lowest BCUT2D eigenvalue weighted by Crippen LogP contribution is -2.08. The first-order valence-electron chi connectivity index (χ1n) is 7.53. The minimum Gasteiger partial charge on any atom is -0.497 e. The van der Waals surface area contributed by atoms with E-state index in [0.29, 0.717) is 12.4 Å². The van der Waals surface area contributed by atoms with Crippen LogP contribution in [0.15, 0.2) is 42.7 Å². The first-order chi connectivity index (χ1) is 12.6. The molecule has 0 spiro atoms. The zero-order chi connectivity index (χ0) is 18.5. The van der Waals surface area contributed by atoms with E-state index in [1.54, 1.807) is 7.11 Å². The molecule has 26 heavy (non-hydrogen) atoms. The standard InChI is InChI=1S/C17H14N6O3/c1-26-14-4-2-11(3-5-14)8-19-15-6-13(7-18)21-17(22-15)23-10-12(9-20-23)16(24)25/h2-6,9-10H,8H2,1H3,(H,24,25)(H,19,21,22). The molecule has 1 aromatic carbocycles. The molecule has 0 amide bonds. The quantitative estimate of drug-likeness (QED) is 0.690. The van der Waals surface area contributed by atoms with Crippen molar-refractivity contribution in [2.24, 2.45) is 0 Å². The summed E-state index contributed by atoms with van der Waals surface area (Å²) in [5.41, 5.74) is 1.14. The molecule has 9 nitrogen and oxygen atoms in total. The molecule has 0 fully saturated rings. The molecule has 3 aromatic rings. The molecule has 0 radical (unpaired) electrons. The van der Waals surface area contributed by atoms with Crippen LogP contribution in [-0.2, 0) is 6.54 Å². The van der Waals surface area contributed by atoms with Gasteiger partial charge in [-0.3, -0.25) is 0 Å². The number of aromatic carboxylic acids is 1.